The first-order chi connectivity index (χ1) is 9.47. The van der Waals surface area contributed by atoms with Crippen LogP contribution in [0.25, 0.3) is 0 Å². The van der Waals surface area contributed by atoms with Crippen molar-refractivity contribution in [1.82, 2.24) is 4.98 Å². The van der Waals surface area contributed by atoms with Crippen LogP contribution in [0.3, 0.4) is 0 Å². The predicted molar refractivity (Wildman–Crippen MR) is 67.2 cm³/mol. The van der Waals surface area contributed by atoms with Gasteiger partial charge >= 0.3 is 5.97 Å². The van der Waals surface area contributed by atoms with Crippen LogP contribution in [0.2, 0.25) is 0 Å². The molecule has 2 rings (SSSR count). The molecule has 0 bridgehead atoms. The van der Waals surface area contributed by atoms with Crippen molar-refractivity contribution in [2.24, 2.45) is 0 Å². The number of pyridine rings is 1. The Balaban J connectivity index is 2.18. The first-order valence-electron chi connectivity index (χ1n) is 5.46. The third-order valence-corrected chi connectivity index (χ3v) is 2.45. The molecule has 1 aromatic carbocycles. The topological polar surface area (TPSA) is 99.5 Å². The van der Waals surface area contributed by atoms with Crippen LogP contribution in [0.15, 0.2) is 36.5 Å². The highest BCUT2D eigenvalue weighted by Gasteiger charge is 2.12. The van der Waals surface area contributed by atoms with E-state index in [2.05, 4.69) is 10.3 Å². The van der Waals surface area contributed by atoms with Crippen LogP contribution < -0.4 is 5.32 Å². The SMILES string of the molecule is O=C(Nc1ccc(C(=O)O)c(O)c1)c1ccc(F)cn1. The minimum atomic E-state index is -1.28. The average Bonchev–Trinajstić information content (AvgIpc) is 2.39. The number of hydrogen-bond acceptors (Lipinski definition) is 4. The van der Waals surface area contributed by atoms with E-state index in [0.29, 0.717) is 0 Å². The molecule has 0 aliphatic heterocycles. The van der Waals surface area contributed by atoms with Gasteiger partial charge in [0, 0.05) is 11.8 Å². The Labute approximate surface area is 112 Å². The number of amides is 1. The Hall–Kier alpha value is -2.96. The minimum Gasteiger partial charge on any atom is -0.507 e. The molecule has 0 saturated carbocycles. The molecule has 0 saturated heterocycles. The molecule has 20 heavy (non-hydrogen) atoms. The first kappa shape index (κ1) is 13.5. The van der Waals surface area contributed by atoms with E-state index >= 15 is 0 Å². The van der Waals surface area contributed by atoms with Crippen molar-refractivity contribution < 1.29 is 24.2 Å². The van der Waals surface area contributed by atoms with E-state index < -0.39 is 23.4 Å². The molecule has 1 amide bonds. The van der Waals surface area contributed by atoms with Crippen molar-refractivity contribution in [2.45, 2.75) is 0 Å². The zero-order chi connectivity index (χ0) is 14.7. The summed E-state index contributed by atoms with van der Waals surface area (Å²) in [4.78, 5) is 26.1. The number of nitrogens with one attached hydrogen (secondary N) is 1. The van der Waals surface area contributed by atoms with Crippen molar-refractivity contribution in [1.29, 1.82) is 0 Å². The van der Waals surface area contributed by atoms with Gasteiger partial charge in [-0.3, -0.25) is 4.79 Å². The minimum absolute atomic E-state index is 0.00630. The molecule has 0 unspecified atom stereocenters. The second-order valence-electron chi connectivity index (χ2n) is 3.85. The van der Waals surface area contributed by atoms with Crippen LogP contribution in [0.1, 0.15) is 20.8 Å². The molecule has 0 aliphatic carbocycles. The fraction of sp³-hybridized carbons (Fsp3) is 0. The van der Waals surface area contributed by atoms with Crippen molar-refractivity contribution in [3.05, 3.63) is 53.6 Å². The number of rotatable bonds is 3. The van der Waals surface area contributed by atoms with Crippen LogP contribution >= 0.6 is 0 Å². The van der Waals surface area contributed by atoms with Crippen LogP contribution in [0, 0.1) is 5.82 Å². The molecule has 3 N–H and O–H groups in total. The molecule has 0 spiro atoms. The Kier molecular flexibility index (Phi) is 3.60. The molecule has 102 valence electrons. The number of carbonyl (C=O) groups excluding carboxylic acids is 1. The van der Waals surface area contributed by atoms with Gasteiger partial charge in [0.1, 0.15) is 22.8 Å². The summed E-state index contributed by atoms with van der Waals surface area (Å²) in [6.45, 7) is 0. The number of phenols is 1. The molecule has 6 nitrogen and oxygen atoms in total. The maximum atomic E-state index is 12.7. The average molecular weight is 276 g/mol. The number of aromatic nitrogens is 1. The maximum Gasteiger partial charge on any atom is 0.339 e. The highest BCUT2D eigenvalue weighted by molar-refractivity contribution is 6.03. The molecule has 0 fully saturated rings. The van der Waals surface area contributed by atoms with E-state index in [1.165, 1.54) is 12.1 Å². The van der Waals surface area contributed by atoms with Crippen molar-refractivity contribution in [2.75, 3.05) is 5.32 Å². The number of aromatic hydroxyl groups is 1. The summed E-state index contributed by atoms with van der Waals surface area (Å²) < 4.78 is 12.7. The second-order valence-corrected chi connectivity index (χ2v) is 3.85. The summed E-state index contributed by atoms with van der Waals surface area (Å²) in [6, 6.07) is 5.88. The van der Waals surface area contributed by atoms with E-state index in [1.807, 2.05) is 0 Å². The number of carboxylic acids is 1. The summed E-state index contributed by atoms with van der Waals surface area (Å²) in [5, 5.41) is 20.6. The number of nitrogens with zero attached hydrogens (tertiary/aromatic N) is 1. The van der Waals surface area contributed by atoms with Gasteiger partial charge < -0.3 is 15.5 Å². The van der Waals surface area contributed by atoms with E-state index in [-0.39, 0.29) is 16.9 Å². The van der Waals surface area contributed by atoms with Gasteiger partial charge in [0.25, 0.3) is 5.91 Å². The highest BCUT2D eigenvalue weighted by atomic mass is 19.1. The highest BCUT2D eigenvalue weighted by Crippen LogP contribution is 2.22. The number of benzene rings is 1. The normalized spacial score (nSPS) is 10.1. The number of carbonyl (C=O) groups is 2. The van der Waals surface area contributed by atoms with Crippen LogP contribution in [-0.2, 0) is 0 Å². The van der Waals surface area contributed by atoms with Gasteiger partial charge in [-0.15, -0.1) is 0 Å². The smallest absolute Gasteiger partial charge is 0.339 e. The Morgan fingerprint density at radius 2 is 1.95 bits per heavy atom. The van der Waals surface area contributed by atoms with Gasteiger partial charge in [0.2, 0.25) is 0 Å². The van der Waals surface area contributed by atoms with E-state index in [4.69, 9.17) is 5.11 Å². The molecule has 0 aliphatic rings. The Bertz CT molecular complexity index is 671. The molecule has 1 heterocycles. The predicted octanol–water partition coefficient (Wildman–Crippen LogP) is 1.88. The third kappa shape index (κ3) is 2.89. The van der Waals surface area contributed by atoms with Crippen LogP contribution in [-0.4, -0.2) is 27.1 Å². The lowest BCUT2D eigenvalue weighted by atomic mass is 10.2. The number of anilines is 1. The molecular weight excluding hydrogens is 267 g/mol. The Morgan fingerprint density at radius 3 is 2.50 bits per heavy atom. The lowest BCUT2D eigenvalue weighted by Gasteiger charge is -2.06. The number of hydrogen-bond donors (Lipinski definition) is 3. The Morgan fingerprint density at radius 1 is 1.20 bits per heavy atom. The lowest BCUT2D eigenvalue weighted by molar-refractivity contribution is 0.0693. The number of aromatic carboxylic acids is 1. The fourth-order valence-electron chi connectivity index (χ4n) is 1.50. The summed E-state index contributed by atoms with van der Waals surface area (Å²) in [6.07, 6.45) is 0.903. The summed E-state index contributed by atoms with van der Waals surface area (Å²) in [5.41, 5.74) is -0.0836. The maximum absolute atomic E-state index is 12.7. The van der Waals surface area contributed by atoms with Crippen molar-refractivity contribution in [3.8, 4) is 5.75 Å². The zero-order valence-electron chi connectivity index (χ0n) is 10.0. The van der Waals surface area contributed by atoms with Gasteiger partial charge in [-0.25, -0.2) is 14.2 Å². The molecule has 0 radical (unpaired) electrons. The van der Waals surface area contributed by atoms with Crippen LogP contribution in [0.5, 0.6) is 5.75 Å². The van der Waals surface area contributed by atoms with Gasteiger partial charge in [0.05, 0.1) is 6.20 Å². The van der Waals surface area contributed by atoms with E-state index in [1.54, 1.807) is 0 Å². The molecule has 0 atom stereocenters. The van der Waals surface area contributed by atoms with Gasteiger partial charge in [0.15, 0.2) is 0 Å². The second kappa shape index (κ2) is 5.35. The standard InChI is InChI=1S/C13H9FN2O4/c14-7-1-4-10(15-6-7)12(18)16-8-2-3-9(13(19)20)11(17)5-8/h1-6,17H,(H,16,18)(H,19,20). The molecule has 1 aromatic heterocycles. The first-order valence-corrected chi connectivity index (χ1v) is 5.46. The molecule has 2 aromatic rings. The van der Waals surface area contributed by atoms with E-state index in [0.717, 1.165) is 24.4 Å². The number of halogens is 1. The fourth-order valence-corrected chi connectivity index (χ4v) is 1.50. The van der Waals surface area contributed by atoms with Gasteiger partial charge in [-0.05, 0) is 24.3 Å². The quantitative estimate of drug-likeness (QED) is 0.794. The summed E-state index contributed by atoms with van der Waals surface area (Å²) >= 11 is 0. The largest absolute Gasteiger partial charge is 0.507 e. The number of carboxylic acid groups (broad SMARTS) is 1. The summed E-state index contributed by atoms with van der Waals surface area (Å²) in [7, 11) is 0. The van der Waals surface area contributed by atoms with Gasteiger partial charge in [-0.1, -0.05) is 0 Å². The lowest BCUT2D eigenvalue weighted by Crippen LogP contribution is -2.13. The van der Waals surface area contributed by atoms with Gasteiger partial charge in [-0.2, -0.15) is 0 Å². The third-order valence-electron chi connectivity index (χ3n) is 2.45. The zero-order valence-corrected chi connectivity index (χ0v) is 10.0. The summed E-state index contributed by atoms with van der Waals surface area (Å²) in [5.74, 6) is -2.92. The monoisotopic (exact) mass is 276 g/mol. The van der Waals surface area contributed by atoms with Crippen molar-refractivity contribution >= 4 is 17.6 Å². The van der Waals surface area contributed by atoms with Crippen LogP contribution in [0.4, 0.5) is 10.1 Å². The van der Waals surface area contributed by atoms with Crippen molar-refractivity contribution in [3.63, 3.8) is 0 Å². The molecular formula is C13H9FN2O4. The van der Waals surface area contributed by atoms with E-state index in [9.17, 15) is 19.1 Å². The molecule has 7 heteroatoms.